The minimum absolute atomic E-state index is 0.167. The fraction of sp³-hybridized carbons (Fsp3) is 0.909. The predicted octanol–water partition coefficient (Wildman–Crippen LogP) is 2.03. The standard InChI is InChI=1S/C11H21NO3/c1-11(2,3)15-9-8-14-10(13)12-6-4-5-7-12/h4-9H2,1-3H3. The molecule has 0 N–H and O–H groups in total. The van der Waals surface area contributed by atoms with Gasteiger partial charge in [-0.1, -0.05) is 0 Å². The lowest BCUT2D eigenvalue weighted by molar-refractivity contribution is -0.0260. The molecule has 1 saturated heterocycles. The van der Waals surface area contributed by atoms with Crippen LogP contribution in [0.4, 0.5) is 4.79 Å². The summed E-state index contributed by atoms with van der Waals surface area (Å²) in [6, 6.07) is 0. The number of nitrogens with zero attached hydrogens (tertiary/aromatic N) is 1. The van der Waals surface area contributed by atoms with Crippen LogP contribution in [0.1, 0.15) is 33.6 Å². The molecule has 0 bridgehead atoms. The zero-order chi connectivity index (χ0) is 11.3. The Balaban J connectivity index is 2.07. The van der Waals surface area contributed by atoms with Gasteiger partial charge < -0.3 is 14.4 Å². The molecule has 1 aliphatic rings. The normalized spacial score (nSPS) is 16.9. The summed E-state index contributed by atoms with van der Waals surface area (Å²) < 4.78 is 10.5. The second-order valence-electron chi connectivity index (χ2n) is 4.77. The van der Waals surface area contributed by atoms with Crippen molar-refractivity contribution in [3.63, 3.8) is 0 Å². The molecule has 1 amide bonds. The molecule has 4 heteroatoms. The first kappa shape index (κ1) is 12.3. The number of amides is 1. The number of carbonyl (C=O) groups is 1. The summed E-state index contributed by atoms with van der Waals surface area (Å²) >= 11 is 0. The summed E-state index contributed by atoms with van der Waals surface area (Å²) in [4.78, 5) is 13.2. The van der Waals surface area contributed by atoms with Crippen molar-refractivity contribution in [2.24, 2.45) is 0 Å². The first-order chi connectivity index (χ1) is 6.99. The highest BCUT2D eigenvalue weighted by Gasteiger charge is 2.19. The van der Waals surface area contributed by atoms with Crippen molar-refractivity contribution in [1.29, 1.82) is 0 Å². The first-order valence-corrected chi connectivity index (χ1v) is 5.55. The van der Waals surface area contributed by atoms with E-state index in [4.69, 9.17) is 9.47 Å². The van der Waals surface area contributed by atoms with Gasteiger partial charge in [0, 0.05) is 13.1 Å². The summed E-state index contributed by atoms with van der Waals surface area (Å²) in [5.74, 6) is 0. The second-order valence-corrected chi connectivity index (χ2v) is 4.77. The number of ether oxygens (including phenoxy) is 2. The Morgan fingerprint density at radius 3 is 2.33 bits per heavy atom. The van der Waals surface area contributed by atoms with Crippen molar-refractivity contribution in [2.45, 2.75) is 39.2 Å². The molecule has 0 atom stereocenters. The third kappa shape index (κ3) is 5.02. The van der Waals surface area contributed by atoms with Gasteiger partial charge in [-0.05, 0) is 33.6 Å². The Kier molecular flexibility index (Phi) is 4.39. The van der Waals surface area contributed by atoms with Crippen molar-refractivity contribution in [3.05, 3.63) is 0 Å². The van der Waals surface area contributed by atoms with Gasteiger partial charge in [0.15, 0.2) is 0 Å². The number of hydrogen-bond donors (Lipinski definition) is 0. The Morgan fingerprint density at radius 2 is 1.80 bits per heavy atom. The van der Waals surface area contributed by atoms with Gasteiger partial charge in [0.05, 0.1) is 12.2 Å². The van der Waals surface area contributed by atoms with Crippen LogP contribution in [0.15, 0.2) is 0 Å². The van der Waals surface area contributed by atoms with Crippen LogP contribution in [0.25, 0.3) is 0 Å². The molecule has 0 unspecified atom stereocenters. The molecular formula is C11H21NO3. The number of hydrogen-bond acceptors (Lipinski definition) is 3. The van der Waals surface area contributed by atoms with E-state index in [0.717, 1.165) is 25.9 Å². The van der Waals surface area contributed by atoms with Crippen LogP contribution in [-0.2, 0) is 9.47 Å². The molecule has 0 aromatic heterocycles. The Morgan fingerprint density at radius 1 is 1.20 bits per heavy atom. The molecule has 1 aliphatic heterocycles. The van der Waals surface area contributed by atoms with E-state index in [1.54, 1.807) is 4.90 Å². The average Bonchev–Trinajstić information content (AvgIpc) is 2.63. The van der Waals surface area contributed by atoms with Gasteiger partial charge in [-0.2, -0.15) is 0 Å². The maximum Gasteiger partial charge on any atom is 0.409 e. The van der Waals surface area contributed by atoms with E-state index in [1.807, 2.05) is 20.8 Å². The van der Waals surface area contributed by atoms with Crippen LogP contribution in [0.2, 0.25) is 0 Å². The molecule has 15 heavy (non-hydrogen) atoms. The molecule has 1 rings (SSSR count). The summed E-state index contributed by atoms with van der Waals surface area (Å²) in [5, 5.41) is 0. The highest BCUT2D eigenvalue weighted by Crippen LogP contribution is 2.09. The maximum atomic E-state index is 11.4. The summed E-state index contributed by atoms with van der Waals surface area (Å²) in [6.45, 7) is 8.41. The Hall–Kier alpha value is -0.770. The largest absolute Gasteiger partial charge is 0.447 e. The fourth-order valence-corrected chi connectivity index (χ4v) is 1.47. The third-order valence-electron chi connectivity index (χ3n) is 2.21. The SMILES string of the molecule is CC(C)(C)OCCOC(=O)N1CCCC1. The van der Waals surface area contributed by atoms with Gasteiger partial charge >= 0.3 is 6.09 Å². The van der Waals surface area contributed by atoms with Crippen molar-refractivity contribution >= 4 is 6.09 Å². The van der Waals surface area contributed by atoms with E-state index < -0.39 is 0 Å². The van der Waals surface area contributed by atoms with Crippen molar-refractivity contribution in [2.75, 3.05) is 26.3 Å². The monoisotopic (exact) mass is 215 g/mol. The average molecular weight is 215 g/mol. The fourth-order valence-electron chi connectivity index (χ4n) is 1.47. The van der Waals surface area contributed by atoms with Gasteiger partial charge in [0.2, 0.25) is 0 Å². The van der Waals surface area contributed by atoms with Gasteiger partial charge in [-0.15, -0.1) is 0 Å². The molecule has 0 aliphatic carbocycles. The van der Waals surface area contributed by atoms with Gasteiger partial charge in [-0.3, -0.25) is 0 Å². The molecule has 0 saturated carbocycles. The van der Waals surface area contributed by atoms with E-state index in [1.165, 1.54) is 0 Å². The number of likely N-dealkylation sites (tertiary alicyclic amines) is 1. The van der Waals surface area contributed by atoms with E-state index in [2.05, 4.69) is 0 Å². The van der Waals surface area contributed by atoms with Crippen molar-refractivity contribution < 1.29 is 14.3 Å². The molecule has 88 valence electrons. The van der Waals surface area contributed by atoms with Crippen LogP contribution in [-0.4, -0.2) is 42.9 Å². The summed E-state index contributed by atoms with van der Waals surface area (Å²) in [5.41, 5.74) is -0.167. The zero-order valence-electron chi connectivity index (χ0n) is 9.91. The van der Waals surface area contributed by atoms with Crippen LogP contribution >= 0.6 is 0 Å². The van der Waals surface area contributed by atoms with Crippen molar-refractivity contribution in [3.8, 4) is 0 Å². The van der Waals surface area contributed by atoms with E-state index in [0.29, 0.717) is 13.2 Å². The van der Waals surface area contributed by atoms with Gasteiger partial charge in [-0.25, -0.2) is 4.79 Å². The maximum absolute atomic E-state index is 11.4. The van der Waals surface area contributed by atoms with Crippen LogP contribution in [0.5, 0.6) is 0 Å². The molecule has 1 heterocycles. The molecular weight excluding hydrogens is 194 g/mol. The smallest absolute Gasteiger partial charge is 0.409 e. The zero-order valence-corrected chi connectivity index (χ0v) is 9.91. The van der Waals surface area contributed by atoms with Gasteiger partial charge in [0.1, 0.15) is 6.61 Å². The lowest BCUT2D eigenvalue weighted by Gasteiger charge is -2.20. The first-order valence-electron chi connectivity index (χ1n) is 5.55. The highest BCUT2D eigenvalue weighted by molar-refractivity contribution is 5.67. The topological polar surface area (TPSA) is 38.8 Å². The van der Waals surface area contributed by atoms with E-state index in [-0.39, 0.29) is 11.7 Å². The van der Waals surface area contributed by atoms with Crippen LogP contribution in [0.3, 0.4) is 0 Å². The minimum atomic E-state index is -0.204. The Labute approximate surface area is 91.5 Å². The predicted molar refractivity (Wildman–Crippen MR) is 57.9 cm³/mol. The van der Waals surface area contributed by atoms with E-state index in [9.17, 15) is 4.79 Å². The molecule has 1 fully saturated rings. The number of rotatable bonds is 3. The molecule has 0 spiro atoms. The van der Waals surface area contributed by atoms with Gasteiger partial charge in [0.25, 0.3) is 0 Å². The second kappa shape index (κ2) is 5.35. The molecule has 0 aromatic rings. The molecule has 0 aromatic carbocycles. The molecule has 0 radical (unpaired) electrons. The summed E-state index contributed by atoms with van der Waals surface area (Å²) in [6.07, 6.45) is 1.98. The van der Waals surface area contributed by atoms with Crippen LogP contribution in [0, 0.1) is 0 Å². The third-order valence-corrected chi connectivity index (χ3v) is 2.21. The summed E-state index contributed by atoms with van der Waals surface area (Å²) in [7, 11) is 0. The van der Waals surface area contributed by atoms with Crippen LogP contribution < -0.4 is 0 Å². The highest BCUT2D eigenvalue weighted by atomic mass is 16.6. The molecule has 4 nitrogen and oxygen atoms in total. The number of carbonyl (C=O) groups excluding carboxylic acids is 1. The van der Waals surface area contributed by atoms with E-state index >= 15 is 0 Å². The minimum Gasteiger partial charge on any atom is -0.447 e. The lowest BCUT2D eigenvalue weighted by Crippen LogP contribution is -2.30. The van der Waals surface area contributed by atoms with Crippen molar-refractivity contribution in [1.82, 2.24) is 4.90 Å². The lowest BCUT2D eigenvalue weighted by atomic mass is 10.2. The Bertz CT molecular complexity index is 204. The quantitative estimate of drug-likeness (QED) is 0.676.